The maximum atomic E-state index is 12.9. The van der Waals surface area contributed by atoms with E-state index in [0.29, 0.717) is 63.5 Å². The summed E-state index contributed by atoms with van der Waals surface area (Å²) >= 11 is 5.91. The molecule has 2 heterocycles. The van der Waals surface area contributed by atoms with Crippen LogP contribution in [0.5, 0.6) is 5.75 Å². The first-order valence-corrected chi connectivity index (χ1v) is 11.8. The van der Waals surface area contributed by atoms with Crippen LogP contribution >= 0.6 is 11.6 Å². The third-order valence-electron chi connectivity index (χ3n) is 6.47. The quantitative estimate of drug-likeness (QED) is 0.484. The number of carbonyl (C=O) groups excluding carboxylic acids is 3. The zero-order valence-corrected chi connectivity index (χ0v) is 19.9. The SMILES string of the molecule is CC(=O)c1cccc(N2CCN(C(=O)CN3CC[C@@H](C(=O)Nc4ccc(O)c(Cl)c4)C3)CC2)c1. The van der Waals surface area contributed by atoms with Crippen LogP contribution in [0.25, 0.3) is 0 Å². The van der Waals surface area contributed by atoms with Gasteiger partial charge in [-0.15, -0.1) is 0 Å². The van der Waals surface area contributed by atoms with Crippen LogP contribution in [-0.4, -0.2) is 78.3 Å². The number of phenolic OH excluding ortho intramolecular Hbond substituents is 1. The van der Waals surface area contributed by atoms with Crippen LogP contribution < -0.4 is 10.2 Å². The molecule has 2 aliphatic heterocycles. The van der Waals surface area contributed by atoms with Gasteiger partial charge in [-0.25, -0.2) is 0 Å². The van der Waals surface area contributed by atoms with E-state index in [4.69, 9.17) is 11.6 Å². The molecule has 8 nitrogen and oxygen atoms in total. The van der Waals surface area contributed by atoms with Gasteiger partial charge in [0.15, 0.2) is 5.78 Å². The van der Waals surface area contributed by atoms with E-state index in [0.717, 1.165) is 5.69 Å². The smallest absolute Gasteiger partial charge is 0.236 e. The first-order chi connectivity index (χ1) is 16.3. The number of carbonyl (C=O) groups is 3. The van der Waals surface area contributed by atoms with Gasteiger partial charge >= 0.3 is 0 Å². The fourth-order valence-electron chi connectivity index (χ4n) is 4.45. The van der Waals surface area contributed by atoms with Crippen LogP contribution in [0.1, 0.15) is 23.7 Å². The number of likely N-dealkylation sites (tertiary alicyclic amines) is 1. The molecule has 0 unspecified atom stereocenters. The van der Waals surface area contributed by atoms with Gasteiger partial charge in [0.1, 0.15) is 5.75 Å². The summed E-state index contributed by atoms with van der Waals surface area (Å²) in [5.41, 5.74) is 2.23. The van der Waals surface area contributed by atoms with Crippen molar-refractivity contribution in [3.05, 3.63) is 53.1 Å². The molecular weight excluding hydrogens is 456 g/mol. The number of hydrogen-bond acceptors (Lipinski definition) is 6. The molecular formula is C25H29ClN4O4. The summed E-state index contributed by atoms with van der Waals surface area (Å²) in [7, 11) is 0. The number of ketones is 1. The van der Waals surface area contributed by atoms with Gasteiger partial charge in [0.25, 0.3) is 0 Å². The van der Waals surface area contributed by atoms with E-state index >= 15 is 0 Å². The highest BCUT2D eigenvalue weighted by Crippen LogP contribution is 2.27. The predicted molar refractivity (Wildman–Crippen MR) is 132 cm³/mol. The zero-order chi connectivity index (χ0) is 24.2. The summed E-state index contributed by atoms with van der Waals surface area (Å²) in [5.74, 6) is -0.233. The fourth-order valence-corrected chi connectivity index (χ4v) is 4.63. The molecule has 2 aromatic carbocycles. The van der Waals surface area contributed by atoms with E-state index < -0.39 is 0 Å². The van der Waals surface area contributed by atoms with Crippen LogP contribution in [0.2, 0.25) is 5.02 Å². The van der Waals surface area contributed by atoms with E-state index in [9.17, 15) is 19.5 Å². The van der Waals surface area contributed by atoms with Crippen LogP contribution in [-0.2, 0) is 9.59 Å². The van der Waals surface area contributed by atoms with Gasteiger partial charge in [-0.2, -0.15) is 0 Å². The number of piperazine rings is 1. The average Bonchev–Trinajstić information content (AvgIpc) is 3.30. The van der Waals surface area contributed by atoms with Crippen LogP contribution in [0.15, 0.2) is 42.5 Å². The minimum Gasteiger partial charge on any atom is -0.506 e. The monoisotopic (exact) mass is 484 g/mol. The molecule has 4 rings (SSSR count). The summed E-state index contributed by atoms with van der Waals surface area (Å²) in [4.78, 5) is 43.2. The first kappa shape index (κ1) is 24.0. The molecule has 0 radical (unpaired) electrons. The summed E-state index contributed by atoms with van der Waals surface area (Å²) in [5, 5.41) is 12.5. The van der Waals surface area contributed by atoms with Crippen molar-refractivity contribution in [3.63, 3.8) is 0 Å². The Hall–Kier alpha value is -3.10. The fraction of sp³-hybridized carbons (Fsp3) is 0.400. The van der Waals surface area contributed by atoms with Gasteiger partial charge in [-0.1, -0.05) is 23.7 Å². The van der Waals surface area contributed by atoms with Gasteiger partial charge < -0.3 is 20.2 Å². The molecule has 9 heteroatoms. The summed E-state index contributed by atoms with van der Waals surface area (Å²) in [6, 6.07) is 12.2. The molecule has 2 amide bonds. The summed E-state index contributed by atoms with van der Waals surface area (Å²) < 4.78 is 0. The second kappa shape index (κ2) is 10.4. The Morgan fingerprint density at radius 1 is 1.06 bits per heavy atom. The highest BCUT2D eigenvalue weighted by molar-refractivity contribution is 6.32. The van der Waals surface area contributed by atoms with E-state index in [2.05, 4.69) is 10.2 Å². The van der Waals surface area contributed by atoms with Gasteiger partial charge in [-0.3, -0.25) is 19.3 Å². The number of rotatable bonds is 6. The zero-order valence-electron chi connectivity index (χ0n) is 19.2. The van der Waals surface area contributed by atoms with Crippen molar-refractivity contribution in [2.75, 3.05) is 56.0 Å². The van der Waals surface area contributed by atoms with Crippen molar-refractivity contribution < 1.29 is 19.5 Å². The van der Waals surface area contributed by atoms with E-state index in [1.807, 2.05) is 34.1 Å². The van der Waals surface area contributed by atoms with E-state index in [1.54, 1.807) is 13.0 Å². The molecule has 2 aliphatic rings. The predicted octanol–water partition coefficient (Wildman–Crippen LogP) is 2.86. The Bertz CT molecular complexity index is 1080. The number of nitrogens with one attached hydrogen (secondary N) is 1. The number of anilines is 2. The number of benzene rings is 2. The number of aromatic hydroxyl groups is 1. The molecule has 0 spiro atoms. The summed E-state index contributed by atoms with van der Waals surface area (Å²) in [6.45, 7) is 5.77. The molecule has 0 bridgehead atoms. The standard InChI is InChI=1S/C25H29ClN4O4/c1-17(31)18-3-2-4-21(13-18)29-9-11-30(12-10-29)24(33)16-28-8-7-19(15-28)25(34)27-20-5-6-23(32)22(26)14-20/h2-6,13-14,19,32H,7-12,15-16H2,1H3,(H,27,34)/t19-/m1/s1. The van der Waals surface area contributed by atoms with Crippen molar-refractivity contribution in [2.45, 2.75) is 13.3 Å². The van der Waals surface area contributed by atoms with E-state index in [1.165, 1.54) is 12.1 Å². The van der Waals surface area contributed by atoms with Gasteiger partial charge in [0.05, 0.1) is 17.5 Å². The number of amides is 2. The van der Waals surface area contributed by atoms with Crippen LogP contribution in [0, 0.1) is 5.92 Å². The lowest BCUT2D eigenvalue weighted by Crippen LogP contribution is -2.51. The maximum Gasteiger partial charge on any atom is 0.236 e. The highest BCUT2D eigenvalue weighted by atomic mass is 35.5. The maximum absolute atomic E-state index is 12.9. The molecule has 0 aromatic heterocycles. The number of phenols is 1. The molecule has 1 atom stereocenters. The number of nitrogens with zero attached hydrogens (tertiary/aromatic N) is 3. The summed E-state index contributed by atoms with van der Waals surface area (Å²) in [6.07, 6.45) is 0.686. The Morgan fingerprint density at radius 2 is 1.82 bits per heavy atom. The minimum absolute atomic E-state index is 0.0318. The lowest BCUT2D eigenvalue weighted by molar-refractivity contribution is -0.132. The molecule has 2 aromatic rings. The lowest BCUT2D eigenvalue weighted by atomic mass is 10.1. The Balaban J connectivity index is 1.24. The second-order valence-corrected chi connectivity index (χ2v) is 9.26. The molecule has 0 saturated carbocycles. The first-order valence-electron chi connectivity index (χ1n) is 11.5. The van der Waals surface area contributed by atoms with Crippen molar-refractivity contribution >= 4 is 40.6 Å². The molecule has 2 saturated heterocycles. The average molecular weight is 485 g/mol. The van der Waals surface area contributed by atoms with E-state index in [-0.39, 0.29) is 34.3 Å². The van der Waals surface area contributed by atoms with Gasteiger partial charge in [0, 0.05) is 49.7 Å². The highest BCUT2D eigenvalue weighted by Gasteiger charge is 2.31. The molecule has 34 heavy (non-hydrogen) atoms. The van der Waals surface area contributed by atoms with Crippen molar-refractivity contribution in [1.82, 2.24) is 9.80 Å². The largest absolute Gasteiger partial charge is 0.506 e. The van der Waals surface area contributed by atoms with Crippen LogP contribution in [0.3, 0.4) is 0 Å². The van der Waals surface area contributed by atoms with Crippen molar-refractivity contribution in [3.8, 4) is 5.75 Å². The van der Waals surface area contributed by atoms with Gasteiger partial charge in [-0.05, 0) is 50.2 Å². The number of Topliss-reactive ketones (excluding diaryl/α,β-unsaturated/α-hetero) is 1. The number of hydrogen-bond donors (Lipinski definition) is 2. The normalized spacial score (nSPS) is 18.7. The Kier molecular flexibility index (Phi) is 7.38. The Labute approximate surface area is 204 Å². The molecule has 2 N–H and O–H groups in total. The third-order valence-corrected chi connectivity index (χ3v) is 6.77. The minimum atomic E-state index is -0.203. The van der Waals surface area contributed by atoms with Crippen molar-refractivity contribution in [1.29, 1.82) is 0 Å². The number of halogens is 1. The molecule has 0 aliphatic carbocycles. The Morgan fingerprint density at radius 3 is 2.53 bits per heavy atom. The van der Waals surface area contributed by atoms with Crippen LogP contribution in [0.4, 0.5) is 11.4 Å². The lowest BCUT2D eigenvalue weighted by Gasteiger charge is -2.37. The topological polar surface area (TPSA) is 93.2 Å². The van der Waals surface area contributed by atoms with Gasteiger partial charge in [0.2, 0.25) is 11.8 Å². The molecule has 2 fully saturated rings. The molecule has 180 valence electrons. The van der Waals surface area contributed by atoms with Crippen molar-refractivity contribution in [2.24, 2.45) is 5.92 Å². The second-order valence-electron chi connectivity index (χ2n) is 8.85. The third kappa shape index (κ3) is 5.69.